The largest absolute Gasteiger partial charge is 0.480 e. The number of carboxylic acids is 1. The number of nitrogens with one attached hydrogen (secondary N) is 1. The van der Waals surface area contributed by atoms with E-state index in [-0.39, 0.29) is 17.9 Å². The smallest absolute Gasteiger partial charge is 0.322 e. The van der Waals surface area contributed by atoms with E-state index < -0.39 is 5.97 Å². The van der Waals surface area contributed by atoms with Crippen LogP contribution in [0.25, 0.3) is 22.7 Å². The van der Waals surface area contributed by atoms with Gasteiger partial charge in [-0.05, 0) is 72.8 Å². The molecule has 0 saturated heterocycles. The molecule has 0 radical (unpaired) electrons. The van der Waals surface area contributed by atoms with E-state index in [0.29, 0.717) is 33.7 Å². The van der Waals surface area contributed by atoms with Gasteiger partial charge in [0.25, 0.3) is 5.56 Å². The van der Waals surface area contributed by atoms with Crippen LogP contribution in [0.3, 0.4) is 0 Å². The van der Waals surface area contributed by atoms with Crippen molar-refractivity contribution < 1.29 is 14.7 Å². The third-order valence-electron chi connectivity index (χ3n) is 4.88. The number of ketones is 1. The number of hydrogen-bond donors (Lipinski definition) is 2. The maximum Gasteiger partial charge on any atom is 0.322 e. The highest BCUT2D eigenvalue weighted by atomic mass is 79.9. The van der Waals surface area contributed by atoms with E-state index in [4.69, 9.17) is 5.11 Å². The molecule has 0 aliphatic heterocycles. The molecule has 33 heavy (non-hydrogen) atoms. The average molecular weight is 504 g/mol. The normalized spacial score (nSPS) is 11.1. The highest BCUT2D eigenvalue weighted by molar-refractivity contribution is 9.10. The van der Waals surface area contributed by atoms with Gasteiger partial charge in [0, 0.05) is 15.7 Å². The Kier molecular flexibility index (Phi) is 6.46. The number of aromatic nitrogens is 2. The average Bonchev–Trinajstić information content (AvgIpc) is 2.82. The maximum atomic E-state index is 13.2. The van der Waals surface area contributed by atoms with Crippen LogP contribution >= 0.6 is 15.9 Å². The fraction of sp³-hybridized carbons (Fsp3) is 0.0400. The molecule has 7 nitrogen and oxygen atoms in total. The first-order valence-corrected chi connectivity index (χ1v) is 10.8. The summed E-state index contributed by atoms with van der Waals surface area (Å²) in [6.07, 6.45) is 2.89. The van der Waals surface area contributed by atoms with E-state index in [1.807, 2.05) is 12.1 Å². The number of allylic oxidation sites excluding steroid dienone is 1. The molecule has 0 bridgehead atoms. The summed E-state index contributed by atoms with van der Waals surface area (Å²) >= 11 is 3.40. The molecule has 0 unspecified atom stereocenters. The molecule has 4 rings (SSSR count). The number of carbonyl (C=O) groups is 2. The predicted octanol–water partition coefficient (Wildman–Crippen LogP) is 4.54. The molecule has 164 valence electrons. The summed E-state index contributed by atoms with van der Waals surface area (Å²) in [5, 5.41) is 12.0. The van der Waals surface area contributed by atoms with Crippen molar-refractivity contribution in [1.82, 2.24) is 9.55 Å². The van der Waals surface area contributed by atoms with Crippen molar-refractivity contribution in [2.24, 2.45) is 0 Å². The number of nitrogens with zero attached hydrogens (tertiary/aromatic N) is 2. The summed E-state index contributed by atoms with van der Waals surface area (Å²) in [5.74, 6) is -0.920. The maximum absolute atomic E-state index is 13.2. The SMILES string of the molecule is O=C(O)CNc1ccc(C(=O)/C=C/c2nc3ccccc3c(=O)n2-c2ccc(Br)cc2)cc1. The van der Waals surface area contributed by atoms with E-state index in [1.165, 1.54) is 16.7 Å². The summed E-state index contributed by atoms with van der Waals surface area (Å²) in [4.78, 5) is 41.2. The number of anilines is 1. The van der Waals surface area contributed by atoms with Gasteiger partial charge < -0.3 is 10.4 Å². The Labute approximate surface area is 197 Å². The number of fused-ring (bicyclic) bond motifs is 1. The number of carboxylic acid groups (broad SMARTS) is 1. The minimum absolute atomic E-state index is 0.214. The Balaban J connectivity index is 1.69. The summed E-state index contributed by atoms with van der Waals surface area (Å²) in [6, 6.07) is 20.8. The fourth-order valence-corrected chi connectivity index (χ4v) is 3.54. The van der Waals surface area contributed by atoms with Gasteiger partial charge in [-0.2, -0.15) is 0 Å². The van der Waals surface area contributed by atoms with E-state index in [0.717, 1.165) is 4.47 Å². The zero-order chi connectivity index (χ0) is 23.4. The molecule has 0 atom stereocenters. The Morgan fingerprint density at radius 1 is 1.00 bits per heavy atom. The summed E-state index contributed by atoms with van der Waals surface area (Å²) in [6.45, 7) is -0.214. The van der Waals surface area contributed by atoms with E-state index in [2.05, 4.69) is 26.2 Å². The number of rotatable bonds is 7. The van der Waals surface area contributed by atoms with Crippen molar-refractivity contribution in [3.63, 3.8) is 0 Å². The molecular formula is C25H18BrN3O4. The van der Waals surface area contributed by atoms with Crippen molar-refractivity contribution >= 4 is 50.3 Å². The molecule has 8 heteroatoms. The standard InChI is InChI=1S/C25H18BrN3O4/c26-17-7-11-19(12-8-17)29-23(28-21-4-2-1-3-20(21)25(29)33)14-13-22(30)16-5-9-18(10-6-16)27-15-24(31)32/h1-14,27H,15H2,(H,31,32)/b14-13+. The summed E-state index contributed by atoms with van der Waals surface area (Å²) in [5.41, 5.74) is 1.95. The zero-order valence-corrected chi connectivity index (χ0v) is 18.8. The fourth-order valence-electron chi connectivity index (χ4n) is 3.28. The second-order valence-corrected chi connectivity index (χ2v) is 8.04. The van der Waals surface area contributed by atoms with Crippen LogP contribution < -0.4 is 10.9 Å². The monoisotopic (exact) mass is 503 g/mol. The van der Waals surface area contributed by atoms with Crippen LogP contribution in [0.2, 0.25) is 0 Å². The highest BCUT2D eigenvalue weighted by Crippen LogP contribution is 2.17. The van der Waals surface area contributed by atoms with Crippen LogP contribution in [-0.2, 0) is 4.79 Å². The van der Waals surface area contributed by atoms with Gasteiger partial charge in [0.1, 0.15) is 12.4 Å². The first-order valence-electron chi connectivity index (χ1n) is 9.98. The van der Waals surface area contributed by atoms with Crippen LogP contribution in [0, 0.1) is 0 Å². The molecule has 0 spiro atoms. The molecule has 0 saturated carbocycles. The molecule has 0 amide bonds. The molecule has 0 aliphatic rings. The molecule has 4 aromatic rings. The van der Waals surface area contributed by atoms with Gasteiger partial charge in [0.15, 0.2) is 5.78 Å². The van der Waals surface area contributed by atoms with Crippen molar-refractivity contribution in [2.75, 3.05) is 11.9 Å². The van der Waals surface area contributed by atoms with Gasteiger partial charge in [0.05, 0.1) is 16.6 Å². The molecule has 0 fully saturated rings. The highest BCUT2D eigenvalue weighted by Gasteiger charge is 2.12. The van der Waals surface area contributed by atoms with Gasteiger partial charge in [-0.3, -0.25) is 19.0 Å². The number of para-hydroxylation sites is 1. The second kappa shape index (κ2) is 9.62. The predicted molar refractivity (Wildman–Crippen MR) is 131 cm³/mol. The van der Waals surface area contributed by atoms with Crippen LogP contribution in [-0.4, -0.2) is 33.0 Å². The lowest BCUT2D eigenvalue weighted by Gasteiger charge is -2.11. The third-order valence-corrected chi connectivity index (χ3v) is 5.41. The molecule has 0 aliphatic carbocycles. The van der Waals surface area contributed by atoms with E-state index in [1.54, 1.807) is 60.7 Å². The number of hydrogen-bond acceptors (Lipinski definition) is 5. The van der Waals surface area contributed by atoms with Crippen LogP contribution in [0.4, 0.5) is 5.69 Å². The number of carbonyl (C=O) groups excluding carboxylic acids is 1. The zero-order valence-electron chi connectivity index (χ0n) is 17.2. The summed E-state index contributed by atoms with van der Waals surface area (Å²) < 4.78 is 2.35. The van der Waals surface area contributed by atoms with Crippen LogP contribution in [0.5, 0.6) is 0 Å². The first-order chi connectivity index (χ1) is 15.9. The van der Waals surface area contributed by atoms with Crippen molar-refractivity contribution in [3.8, 4) is 5.69 Å². The quantitative estimate of drug-likeness (QED) is 0.283. The van der Waals surface area contributed by atoms with E-state index >= 15 is 0 Å². The molecular weight excluding hydrogens is 486 g/mol. The Hall–Kier alpha value is -4.04. The van der Waals surface area contributed by atoms with Crippen LogP contribution in [0.15, 0.2) is 88.1 Å². The van der Waals surface area contributed by atoms with Gasteiger partial charge in [-0.15, -0.1) is 0 Å². The van der Waals surface area contributed by atoms with Gasteiger partial charge in [-0.1, -0.05) is 28.1 Å². The minimum atomic E-state index is -0.974. The molecule has 2 N–H and O–H groups in total. The first kappa shape index (κ1) is 22.2. The topological polar surface area (TPSA) is 101 Å². The van der Waals surface area contributed by atoms with E-state index in [9.17, 15) is 14.4 Å². The minimum Gasteiger partial charge on any atom is -0.480 e. The molecule has 1 aromatic heterocycles. The van der Waals surface area contributed by atoms with Crippen molar-refractivity contribution in [1.29, 1.82) is 0 Å². The van der Waals surface area contributed by atoms with Gasteiger partial charge >= 0.3 is 5.97 Å². The van der Waals surface area contributed by atoms with Crippen molar-refractivity contribution in [2.45, 2.75) is 0 Å². The Bertz CT molecular complexity index is 1430. The third kappa shape index (κ3) is 5.07. The lowest BCUT2D eigenvalue weighted by molar-refractivity contribution is -0.134. The molecule has 3 aromatic carbocycles. The number of benzene rings is 3. The summed E-state index contributed by atoms with van der Waals surface area (Å²) in [7, 11) is 0. The Morgan fingerprint density at radius 2 is 1.70 bits per heavy atom. The number of aliphatic carboxylic acids is 1. The molecule has 1 heterocycles. The van der Waals surface area contributed by atoms with Gasteiger partial charge in [0.2, 0.25) is 0 Å². The Morgan fingerprint density at radius 3 is 2.39 bits per heavy atom. The lowest BCUT2D eigenvalue weighted by atomic mass is 10.1. The van der Waals surface area contributed by atoms with Crippen LogP contribution in [0.1, 0.15) is 16.2 Å². The number of halogens is 1. The van der Waals surface area contributed by atoms with Crippen molar-refractivity contribution in [3.05, 3.63) is 105 Å². The lowest BCUT2D eigenvalue weighted by Crippen LogP contribution is -2.22. The van der Waals surface area contributed by atoms with Gasteiger partial charge in [-0.25, -0.2) is 4.98 Å². The second-order valence-electron chi connectivity index (χ2n) is 7.13.